The summed E-state index contributed by atoms with van der Waals surface area (Å²) in [5.74, 6) is 0.841. The minimum Gasteiger partial charge on any atom is -0.371 e. The molecule has 1 fully saturated rings. The fourth-order valence-corrected chi connectivity index (χ4v) is 2.71. The molecule has 0 amide bonds. The quantitative estimate of drug-likeness (QED) is 0.786. The molecule has 1 aromatic carbocycles. The first-order valence-electron chi connectivity index (χ1n) is 5.65. The first-order chi connectivity index (χ1) is 7.70. The van der Waals surface area contributed by atoms with Crippen LogP contribution in [0.1, 0.15) is 25.3 Å². The lowest BCUT2D eigenvalue weighted by Crippen LogP contribution is -2.32. The highest BCUT2D eigenvalue weighted by Crippen LogP contribution is 2.30. The van der Waals surface area contributed by atoms with E-state index < -0.39 is 0 Å². The van der Waals surface area contributed by atoms with Gasteiger partial charge in [0.1, 0.15) is 0 Å². The average Bonchev–Trinajstić information content (AvgIpc) is 2.30. The van der Waals surface area contributed by atoms with Crippen molar-refractivity contribution in [3.63, 3.8) is 0 Å². The Balaban J connectivity index is 2.18. The molecule has 3 heteroatoms. The van der Waals surface area contributed by atoms with Gasteiger partial charge in [0.2, 0.25) is 0 Å². The summed E-state index contributed by atoms with van der Waals surface area (Å²) in [6.45, 7) is 4.54. The zero-order valence-electron chi connectivity index (χ0n) is 9.41. The molecule has 0 aliphatic carbocycles. The Labute approximate surface area is 105 Å². The van der Waals surface area contributed by atoms with Gasteiger partial charge in [0.05, 0.1) is 17.3 Å². The molecule has 2 nitrogen and oxygen atoms in total. The molecule has 0 unspecified atom stereocenters. The third kappa shape index (κ3) is 2.38. The lowest BCUT2D eigenvalue weighted by Gasteiger charge is -2.32. The Morgan fingerprint density at radius 3 is 2.62 bits per heavy atom. The van der Waals surface area contributed by atoms with Crippen LogP contribution in [0, 0.1) is 17.2 Å². The number of piperidine rings is 1. The second kappa shape index (κ2) is 4.88. The van der Waals surface area contributed by atoms with Crippen molar-refractivity contribution in [1.82, 2.24) is 0 Å². The van der Waals surface area contributed by atoms with E-state index in [2.05, 4.69) is 33.8 Å². The summed E-state index contributed by atoms with van der Waals surface area (Å²) in [6, 6.07) is 7.98. The van der Waals surface area contributed by atoms with Crippen molar-refractivity contribution in [1.29, 1.82) is 5.26 Å². The van der Waals surface area contributed by atoms with Gasteiger partial charge in [0.15, 0.2) is 0 Å². The van der Waals surface area contributed by atoms with Crippen molar-refractivity contribution in [2.75, 3.05) is 18.0 Å². The van der Waals surface area contributed by atoms with Gasteiger partial charge in [-0.3, -0.25) is 0 Å². The van der Waals surface area contributed by atoms with Crippen LogP contribution < -0.4 is 4.90 Å². The molecule has 0 spiro atoms. The zero-order chi connectivity index (χ0) is 11.5. The summed E-state index contributed by atoms with van der Waals surface area (Å²) in [5, 5.41) is 8.81. The van der Waals surface area contributed by atoms with Crippen LogP contribution in [-0.4, -0.2) is 13.1 Å². The molecule has 16 heavy (non-hydrogen) atoms. The van der Waals surface area contributed by atoms with Crippen molar-refractivity contribution in [3.8, 4) is 6.07 Å². The topological polar surface area (TPSA) is 27.0 Å². The van der Waals surface area contributed by atoms with Crippen LogP contribution in [0.2, 0.25) is 0 Å². The molecule has 2 rings (SSSR count). The lowest BCUT2D eigenvalue weighted by atomic mass is 9.99. The SMILES string of the molecule is CC1CCN(c2ccc(C#N)cc2Br)CC1. The van der Waals surface area contributed by atoms with Crippen molar-refractivity contribution in [3.05, 3.63) is 28.2 Å². The maximum absolute atomic E-state index is 8.81. The van der Waals surface area contributed by atoms with E-state index in [4.69, 9.17) is 5.26 Å². The van der Waals surface area contributed by atoms with Gasteiger partial charge in [-0.2, -0.15) is 5.26 Å². The van der Waals surface area contributed by atoms with E-state index in [1.54, 1.807) is 0 Å². The molecule has 1 aromatic rings. The van der Waals surface area contributed by atoms with E-state index in [9.17, 15) is 0 Å². The van der Waals surface area contributed by atoms with E-state index in [-0.39, 0.29) is 0 Å². The van der Waals surface area contributed by atoms with Crippen LogP contribution in [0.25, 0.3) is 0 Å². The number of hydrogen-bond acceptors (Lipinski definition) is 2. The summed E-state index contributed by atoms with van der Waals surface area (Å²) in [4.78, 5) is 2.39. The molecule has 0 N–H and O–H groups in total. The van der Waals surface area contributed by atoms with Gasteiger partial charge >= 0.3 is 0 Å². The molecule has 84 valence electrons. The van der Waals surface area contributed by atoms with E-state index >= 15 is 0 Å². The van der Waals surface area contributed by atoms with Crippen LogP contribution in [0.4, 0.5) is 5.69 Å². The first-order valence-corrected chi connectivity index (χ1v) is 6.44. The second-order valence-electron chi connectivity index (χ2n) is 4.45. The Kier molecular flexibility index (Phi) is 3.50. The Morgan fingerprint density at radius 2 is 2.06 bits per heavy atom. The fraction of sp³-hybridized carbons (Fsp3) is 0.462. The van der Waals surface area contributed by atoms with Crippen molar-refractivity contribution in [2.45, 2.75) is 19.8 Å². The normalized spacial score (nSPS) is 17.2. The smallest absolute Gasteiger partial charge is 0.0992 e. The van der Waals surface area contributed by atoms with E-state index in [1.807, 2.05) is 18.2 Å². The first kappa shape index (κ1) is 11.5. The largest absolute Gasteiger partial charge is 0.371 e. The molecular formula is C13H15BrN2. The third-order valence-corrected chi connectivity index (χ3v) is 3.84. The lowest BCUT2D eigenvalue weighted by molar-refractivity contribution is 0.438. The molecule has 1 aliphatic heterocycles. The minimum absolute atomic E-state index is 0.709. The highest BCUT2D eigenvalue weighted by molar-refractivity contribution is 9.10. The molecule has 0 aromatic heterocycles. The molecular weight excluding hydrogens is 264 g/mol. The predicted octanol–water partition coefficient (Wildman–Crippen LogP) is 3.56. The molecule has 0 bridgehead atoms. The van der Waals surface area contributed by atoms with E-state index in [0.717, 1.165) is 23.5 Å². The standard InChI is InChI=1S/C13H15BrN2/c1-10-4-6-16(7-5-10)13-3-2-11(9-15)8-12(13)14/h2-3,8,10H,4-7H2,1H3. The monoisotopic (exact) mass is 278 g/mol. The molecule has 1 saturated heterocycles. The van der Waals surface area contributed by atoms with Gasteiger partial charge in [0.25, 0.3) is 0 Å². The van der Waals surface area contributed by atoms with Gasteiger partial charge in [-0.15, -0.1) is 0 Å². The van der Waals surface area contributed by atoms with E-state index in [1.165, 1.54) is 18.5 Å². The number of nitrogens with zero attached hydrogens (tertiary/aromatic N) is 2. The van der Waals surface area contributed by atoms with Crippen LogP contribution >= 0.6 is 15.9 Å². The van der Waals surface area contributed by atoms with Crippen molar-refractivity contribution < 1.29 is 0 Å². The van der Waals surface area contributed by atoms with Gasteiger partial charge < -0.3 is 4.90 Å². The summed E-state index contributed by atoms with van der Waals surface area (Å²) >= 11 is 3.55. The number of rotatable bonds is 1. The van der Waals surface area contributed by atoms with Crippen LogP contribution in [-0.2, 0) is 0 Å². The van der Waals surface area contributed by atoms with Gasteiger partial charge in [-0.1, -0.05) is 6.92 Å². The van der Waals surface area contributed by atoms with Crippen molar-refractivity contribution >= 4 is 21.6 Å². The molecule has 1 heterocycles. The predicted molar refractivity (Wildman–Crippen MR) is 69.5 cm³/mol. The van der Waals surface area contributed by atoms with Crippen molar-refractivity contribution in [2.24, 2.45) is 5.92 Å². The molecule has 0 radical (unpaired) electrons. The summed E-state index contributed by atoms with van der Waals surface area (Å²) in [7, 11) is 0. The van der Waals surface area contributed by atoms with Crippen LogP contribution in [0.3, 0.4) is 0 Å². The summed E-state index contributed by atoms with van der Waals surface area (Å²) in [6.07, 6.45) is 2.51. The molecule has 0 atom stereocenters. The second-order valence-corrected chi connectivity index (χ2v) is 5.30. The number of anilines is 1. The number of halogens is 1. The fourth-order valence-electron chi connectivity index (χ4n) is 2.08. The number of hydrogen-bond donors (Lipinski definition) is 0. The maximum Gasteiger partial charge on any atom is 0.0992 e. The van der Waals surface area contributed by atoms with Crippen LogP contribution in [0.5, 0.6) is 0 Å². The summed E-state index contributed by atoms with van der Waals surface area (Å²) in [5.41, 5.74) is 1.92. The Morgan fingerprint density at radius 1 is 1.38 bits per heavy atom. The number of benzene rings is 1. The minimum atomic E-state index is 0.709. The highest BCUT2D eigenvalue weighted by atomic mass is 79.9. The Hall–Kier alpha value is -1.01. The number of nitriles is 1. The zero-order valence-corrected chi connectivity index (χ0v) is 11.0. The van der Waals surface area contributed by atoms with Gasteiger partial charge in [-0.05, 0) is 52.9 Å². The average molecular weight is 279 g/mol. The maximum atomic E-state index is 8.81. The molecule has 0 saturated carbocycles. The third-order valence-electron chi connectivity index (χ3n) is 3.20. The summed E-state index contributed by atoms with van der Waals surface area (Å²) < 4.78 is 1.03. The van der Waals surface area contributed by atoms with Gasteiger partial charge in [-0.25, -0.2) is 0 Å². The van der Waals surface area contributed by atoms with Crippen LogP contribution in [0.15, 0.2) is 22.7 Å². The van der Waals surface area contributed by atoms with E-state index in [0.29, 0.717) is 5.56 Å². The molecule has 1 aliphatic rings. The van der Waals surface area contributed by atoms with Gasteiger partial charge in [0, 0.05) is 17.6 Å². The Bertz CT molecular complexity index is 414. The highest BCUT2D eigenvalue weighted by Gasteiger charge is 2.17.